The summed E-state index contributed by atoms with van der Waals surface area (Å²) in [4.78, 5) is 34.7. The number of rotatable bonds is 9. The maximum atomic E-state index is 12.0. The van der Waals surface area contributed by atoms with Gasteiger partial charge in [0, 0.05) is 31.5 Å². The van der Waals surface area contributed by atoms with Gasteiger partial charge in [-0.2, -0.15) is 4.98 Å². The highest BCUT2D eigenvalue weighted by atomic mass is 35.5. The summed E-state index contributed by atoms with van der Waals surface area (Å²) >= 11 is 0. The van der Waals surface area contributed by atoms with Crippen molar-refractivity contribution < 1.29 is 14.1 Å². The van der Waals surface area contributed by atoms with Crippen LogP contribution in [0.15, 0.2) is 56.8 Å². The molecule has 0 bridgehead atoms. The van der Waals surface area contributed by atoms with E-state index in [1.807, 2.05) is 18.2 Å². The minimum absolute atomic E-state index is 0. The fourth-order valence-electron chi connectivity index (χ4n) is 3.11. The molecule has 32 heavy (non-hydrogen) atoms. The van der Waals surface area contributed by atoms with Gasteiger partial charge in [-0.25, -0.2) is 4.98 Å². The van der Waals surface area contributed by atoms with Gasteiger partial charge in [-0.3, -0.25) is 9.59 Å². The van der Waals surface area contributed by atoms with Crippen LogP contribution >= 0.6 is 12.4 Å². The van der Waals surface area contributed by atoms with Gasteiger partial charge in [-0.15, -0.1) is 22.6 Å². The number of halogens is 1. The quantitative estimate of drug-likeness (QED) is 0.407. The number of aromatic amines is 1. The Kier molecular flexibility index (Phi) is 7.49. The van der Waals surface area contributed by atoms with Crippen molar-refractivity contribution in [3.63, 3.8) is 0 Å². The van der Waals surface area contributed by atoms with Crippen LogP contribution < -0.4 is 16.4 Å². The third-order valence-electron chi connectivity index (χ3n) is 4.71. The number of aromatic nitrogens is 4. The summed E-state index contributed by atoms with van der Waals surface area (Å²) in [7, 11) is 0. The Morgan fingerprint density at radius 1 is 1.25 bits per heavy atom. The van der Waals surface area contributed by atoms with Crippen molar-refractivity contribution in [2.75, 3.05) is 18.8 Å². The highest BCUT2D eigenvalue weighted by Crippen LogP contribution is 2.27. The molecule has 0 spiro atoms. The summed E-state index contributed by atoms with van der Waals surface area (Å²) in [5.74, 6) is 0.750. The SMILES string of the molecule is Cl.Nc1nc[nH]c1-c1noc(CCC(=O)NCCCNC2=C3C=CC=CC3C(=O)N=N2)n1. The summed E-state index contributed by atoms with van der Waals surface area (Å²) in [6.07, 6.45) is 10.00. The first kappa shape index (κ1) is 22.9. The molecule has 1 atom stereocenters. The lowest BCUT2D eigenvalue weighted by molar-refractivity contribution is -0.121. The van der Waals surface area contributed by atoms with Crippen molar-refractivity contribution in [2.45, 2.75) is 19.3 Å². The van der Waals surface area contributed by atoms with Crippen LogP contribution in [-0.4, -0.2) is 45.0 Å². The molecule has 0 radical (unpaired) electrons. The largest absolute Gasteiger partial charge is 0.382 e. The zero-order chi connectivity index (χ0) is 21.6. The number of H-pyrrole nitrogens is 1. The van der Waals surface area contributed by atoms with E-state index < -0.39 is 0 Å². The number of nitrogens with one attached hydrogen (secondary N) is 3. The van der Waals surface area contributed by atoms with Crippen LogP contribution in [0.2, 0.25) is 0 Å². The number of amides is 2. The number of fused-ring (bicyclic) bond motifs is 1. The molecule has 4 rings (SSSR count). The van der Waals surface area contributed by atoms with E-state index in [4.69, 9.17) is 10.3 Å². The monoisotopic (exact) mass is 459 g/mol. The second kappa shape index (κ2) is 10.5. The maximum Gasteiger partial charge on any atom is 0.276 e. The standard InChI is InChI=1S/C19H21N9O3.ClH/c20-16-15(23-10-24-16)18-25-14(31-28-18)7-6-13(29)21-8-3-9-22-17-11-4-1-2-5-12(11)19(30)27-26-17;/h1-2,4-5,10,12,22H,3,6-9,20H2,(H,21,29)(H,23,24);1H. The Balaban J connectivity index is 0.00000289. The van der Waals surface area contributed by atoms with Crippen molar-refractivity contribution in [3.05, 3.63) is 47.9 Å². The van der Waals surface area contributed by atoms with Gasteiger partial charge in [-0.1, -0.05) is 29.5 Å². The fourth-order valence-corrected chi connectivity index (χ4v) is 3.11. The van der Waals surface area contributed by atoms with Crippen molar-refractivity contribution in [1.29, 1.82) is 0 Å². The van der Waals surface area contributed by atoms with E-state index in [0.29, 0.717) is 49.2 Å². The predicted octanol–water partition coefficient (Wildman–Crippen LogP) is 1.44. The molecular weight excluding hydrogens is 438 g/mol. The first-order chi connectivity index (χ1) is 15.1. The van der Waals surface area contributed by atoms with E-state index in [-0.39, 0.29) is 42.4 Å². The van der Waals surface area contributed by atoms with Crippen molar-refractivity contribution in [2.24, 2.45) is 16.1 Å². The molecule has 2 aromatic rings. The summed E-state index contributed by atoms with van der Waals surface area (Å²) in [5.41, 5.74) is 6.99. The van der Waals surface area contributed by atoms with Crippen LogP contribution in [0, 0.1) is 5.92 Å². The van der Waals surface area contributed by atoms with E-state index in [0.717, 1.165) is 5.57 Å². The Hall–Kier alpha value is -3.80. The van der Waals surface area contributed by atoms with Crippen LogP contribution in [0.25, 0.3) is 11.5 Å². The van der Waals surface area contributed by atoms with E-state index in [9.17, 15) is 9.59 Å². The maximum absolute atomic E-state index is 12.0. The molecule has 2 aliphatic rings. The van der Waals surface area contributed by atoms with E-state index in [2.05, 4.69) is 41.0 Å². The lowest BCUT2D eigenvalue weighted by Gasteiger charge is -2.20. The summed E-state index contributed by atoms with van der Waals surface area (Å²) < 4.78 is 5.14. The van der Waals surface area contributed by atoms with Crippen molar-refractivity contribution >= 4 is 30.0 Å². The number of hydrogen-bond donors (Lipinski definition) is 4. The van der Waals surface area contributed by atoms with Crippen LogP contribution in [0.5, 0.6) is 0 Å². The van der Waals surface area contributed by atoms with Gasteiger partial charge < -0.3 is 25.9 Å². The molecule has 0 saturated heterocycles. The molecule has 5 N–H and O–H groups in total. The number of imidazole rings is 1. The molecule has 3 heterocycles. The fraction of sp³-hybridized carbons (Fsp3) is 0.316. The smallest absolute Gasteiger partial charge is 0.276 e. The van der Waals surface area contributed by atoms with Crippen LogP contribution in [0.1, 0.15) is 18.7 Å². The van der Waals surface area contributed by atoms with E-state index in [1.165, 1.54) is 6.33 Å². The summed E-state index contributed by atoms with van der Waals surface area (Å²) in [6, 6.07) is 0. The molecule has 1 aliphatic carbocycles. The summed E-state index contributed by atoms with van der Waals surface area (Å²) in [6.45, 7) is 1.07. The average Bonchev–Trinajstić information content (AvgIpc) is 3.42. The molecule has 0 fully saturated rings. The summed E-state index contributed by atoms with van der Waals surface area (Å²) in [5, 5.41) is 17.5. The predicted molar refractivity (Wildman–Crippen MR) is 116 cm³/mol. The van der Waals surface area contributed by atoms with Gasteiger partial charge >= 0.3 is 0 Å². The van der Waals surface area contributed by atoms with Gasteiger partial charge in [0.25, 0.3) is 5.91 Å². The van der Waals surface area contributed by atoms with E-state index in [1.54, 1.807) is 6.08 Å². The van der Waals surface area contributed by atoms with Crippen LogP contribution in [-0.2, 0) is 16.0 Å². The third kappa shape index (κ3) is 5.27. The number of anilines is 1. The Labute approximate surface area is 188 Å². The lowest BCUT2D eigenvalue weighted by Crippen LogP contribution is -2.28. The zero-order valence-electron chi connectivity index (χ0n) is 16.9. The van der Waals surface area contributed by atoms with Gasteiger partial charge in [0.2, 0.25) is 17.6 Å². The van der Waals surface area contributed by atoms with Crippen LogP contribution in [0.4, 0.5) is 5.82 Å². The topological polar surface area (TPSA) is 177 Å². The number of carbonyl (C=O) groups excluding carboxylic acids is 2. The molecule has 1 aliphatic heterocycles. The van der Waals surface area contributed by atoms with Gasteiger partial charge in [0.1, 0.15) is 5.69 Å². The molecule has 0 aromatic carbocycles. The van der Waals surface area contributed by atoms with Gasteiger partial charge in [0.15, 0.2) is 11.6 Å². The number of allylic oxidation sites excluding steroid dienone is 3. The molecule has 168 valence electrons. The van der Waals surface area contributed by atoms with E-state index >= 15 is 0 Å². The second-order valence-electron chi connectivity index (χ2n) is 6.87. The number of carbonyl (C=O) groups is 2. The van der Waals surface area contributed by atoms with Crippen LogP contribution in [0.3, 0.4) is 0 Å². The highest BCUT2D eigenvalue weighted by molar-refractivity contribution is 5.86. The molecule has 0 saturated carbocycles. The molecule has 2 aromatic heterocycles. The van der Waals surface area contributed by atoms with Crippen molar-refractivity contribution in [1.82, 2.24) is 30.7 Å². The highest BCUT2D eigenvalue weighted by Gasteiger charge is 2.26. The number of aryl methyl sites for hydroxylation is 1. The van der Waals surface area contributed by atoms with Crippen molar-refractivity contribution in [3.8, 4) is 11.5 Å². The Bertz CT molecular complexity index is 1100. The minimum Gasteiger partial charge on any atom is -0.382 e. The van der Waals surface area contributed by atoms with Gasteiger partial charge in [-0.05, 0) is 6.42 Å². The Morgan fingerprint density at radius 3 is 2.94 bits per heavy atom. The van der Waals surface area contributed by atoms with Gasteiger partial charge in [0.05, 0.1) is 12.2 Å². The first-order valence-corrected chi connectivity index (χ1v) is 9.79. The Morgan fingerprint density at radius 2 is 2.12 bits per heavy atom. The molecule has 13 heteroatoms. The average molecular weight is 460 g/mol. The molecule has 1 unspecified atom stereocenters. The first-order valence-electron chi connectivity index (χ1n) is 9.79. The lowest BCUT2D eigenvalue weighted by atomic mass is 9.93. The number of nitrogen functional groups attached to an aromatic ring is 1. The molecule has 12 nitrogen and oxygen atoms in total. The number of nitrogens with two attached hydrogens (primary N) is 1. The zero-order valence-corrected chi connectivity index (χ0v) is 17.8. The normalized spacial score (nSPS) is 16.6. The minimum atomic E-state index is -0.375. The third-order valence-corrected chi connectivity index (χ3v) is 4.71. The molecule has 2 amide bonds. The number of nitrogens with zero attached hydrogens (tertiary/aromatic N) is 5. The number of azo groups is 1. The number of hydrogen-bond acceptors (Lipinski definition) is 9. The second-order valence-corrected chi connectivity index (χ2v) is 6.87. The molecular formula is C19H22ClN9O3.